The maximum atomic E-state index is 13.5. The van der Waals surface area contributed by atoms with Gasteiger partial charge in [-0.15, -0.1) is 12.4 Å². The lowest BCUT2D eigenvalue weighted by Crippen LogP contribution is -2.30. The Hall–Kier alpha value is -2.77. The van der Waals surface area contributed by atoms with Crippen LogP contribution in [0.4, 0.5) is 0 Å². The fourth-order valence-corrected chi connectivity index (χ4v) is 3.37. The van der Waals surface area contributed by atoms with E-state index < -0.39 is 0 Å². The number of rotatable bonds is 9. The van der Waals surface area contributed by atoms with Crippen molar-refractivity contribution in [1.82, 2.24) is 14.5 Å². The molecule has 32 heavy (non-hydrogen) atoms. The van der Waals surface area contributed by atoms with Gasteiger partial charge in [-0.3, -0.25) is 9.36 Å². The highest BCUT2D eigenvalue weighted by atomic mass is 35.5. The van der Waals surface area contributed by atoms with Crippen LogP contribution in [0.2, 0.25) is 0 Å². The highest BCUT2D eigenvalue weighted by molar-refractivity contribution is 5.85. The van der Waals surface area contributed by atoms with Crippen LogP contribution in [0.3, 0.4) is 0 Å². The summed E-state index contributed by atoms with van der Waals surface area (Å²) in [5.74, 6) is 2.62. The van der Waals surface area contributed by atoms with E-state index in [2.05, 4.69) is 4.90 Å². The van der Waals surface area contributed by atoms with E-state index in [0.29, 0.717) is 41.2 Å². The molecule has 1 heterocycles. The Morgan fingerprint density at radius 2 is 1.72 bits per heavy atom. The number of ether oxygens (including phenoxy) is 3. The van der Waals surface area contributed by atoms with Gasteiger partial charge in [0.15, 0.2) is 11.5 Å². The molecule has 0 aliphatic carbocycles. The molecule has 0 atom stereocenters. The SMILES string of the molecule is COc1ccc(Cc2nc3cc(OC)c(OC(C)C)cc3c(=O)n2CCN(C)C)cc1.Cl. The first-order valence-corrected chi connectivity index (χ1v) is 10.4. The van der Waals surface area contributed by atoms with Crippen LogP contribution in [0, 0.1) is 0 Å². The topological polar surface area (TPSA) is 65.8 Å². The minimum Gasteiger partial charge on any atom is -0.497 e. The molecule has 0 radical (unpaired) electrons. The van der Waals surface area contributed by atoms with Crippen molar-refractivity contribution in [3.05, 3.63) is 58.1 Å². The molecule has 7 nitrogen and oxygen atoms in total. The van der Waals surface area contributed by atoms with Gasteiger partial charge in [-0.25, -0.2) is 4.98 Å². The Balaban J connectivity index is 0.00000363. The number of aromatic nitrogens is 2. The van der Waals surface area contributed by atoms with Crippen molar-refractivity contribution in [2.45, 2.75) is 32.9 Å². The number of hydrogen-bond donors (Lipinski definition) is 0. The van der Waals surface area contributed by atoms with Gasteiger partial charge in [0.2, 0.25) is 0 Å². The number of fused-ring (bicyclic) bond motifs is 1. The summed E-state index contributed by atoms with van der Waals surface area (Å²) in [4.78, 5) is 20.4. The maximum absolute atomic E-state index is 13.5. The normalized spacial score (nSPS) is 11.0. The number of benzene rings is 2. The van der Waals surface area contributed by atoms with Gasteiger partial charge in [0, 0.05) is 25.6 Å². The molecule has 0 N–H and O–H groups in total. The third-order valence-electron chi connectivity index (χ3n) is 4.97. The van der Waals surface area contributed by atoms with E-state index in [1.807, 2.05) is 52.2 Å². The van der Waals surface area contributed by atoms with Crippen LogP contribution in [-0.4, -0.2) is 55.4 Å². The van der Waals surface area contributed by atoms with E-state index in [0.717, 1.165) is 17.9 Å². The average Bonchev–Trinajstić information content (AvgIpc) is 2.73. The molecule has 8 heteroatoms. The molecule has 3 aromatic rings. The Kier molecular flexibility index (Phi) is 8.92. The lowest BCUT2D eigenvalue weighted by molar-refractivity contribution is 0.230. The van der Waals surface area contributed by atoms with Gasteiger partial charge in [0.05, 0.1) is 31.2 Å². The monoisotopic (exact) mass is 461 g/mol. The minimum atomic E-state index is -0.0772. The van der Waals surface area contributed by atoms with E-state index in [-0.39, 0.29) is 24.1 Å². The van der Waals surface area contributed by atoms with Gasteiger partial charge in [0.1, 0.15) is 11.6 Å². The van der Waals surface area contributed by atoms with Crippen LogP contribution in [0.1, 0.15) is 25.2 Å². The summed E-state index contributed by atoms with van der Waals surface area (Å²) >= 11 is 0. The van der Waals surface area contributed by atoms with Gasteiger partial charge in [-0.2, -0.15) is 0 Å². The van der Waals surface area contributed by atoms with E-state index >= 15 is 0 Å². The van der Waals surface area contributed by atoms with Crippen molar-refractivity contribution in [3.63, 3.8) is 0 Å². The summed E-state index contributed by atoms with van der Waals surface area (Å²) < 4.78 is 18.4. The third kappa shape index (κ3) is 5.93. The summed E-state index contributed by atoms with van der Waals surface area (Å²) in [6.07, 6.45) is 0.499. The van der Waals surface area contributed by atoms with Gasteiger partial charge < -0.3 is 19.1 Å². The molecule has 0 aliphatic heterocycles. The van der Waals surface area contributed by atoms with Crippen molar-refractivity contribution in [3.8, 4) is 17.2 Å². The molecule has 2 aromatic carbocycles. The van der Waals surface area contributed by atoms with Crippen LogP contribution >= 0.6 is 12.4 Å². The van der Waals surface area contributed by atoms with Crippen LogP contribution in [0.15, 0.2) is 41.2 Å². The molecular weight excluding hydrogens is 430 g/mol. The number of hydrogen-bond acceptors (Lipinski definition) is 6. The second-order valence-electron chi connectivity index (χ2n) is 8.00. The number of nitrogens with zero attached hydrogens (tertiary/aromatic N) is 3. The molecule has 0 fully saturated rings. The molecular formula is C24H32ClN3O4. The average molecular weight is 462 g/mol. The van der Waals surface area contributed by atoms with Gasteiger partial charge >= 0.3 is 0 Å². The van der Waals surface area contributed by atoms with E-state index in [1.165, 1.54) is 0 Å². The summed E-state index contributed by atoms with van der Waals surface area (Å²) in [5.41, 5.74) is 1.58. The molecule has 0 saturated carbocycles. The second-order valence-corrected chi connectivity index (χ2v) is 8.00. The molecule has 0 saturated heterocycles. The van der Waals surface area contributed by atoms with Crippen LogP contribution < -0.4 is 19.8 Å². The van der Waals surface area contributed by atoms with Gasteiger partial charge in [-0.05, 0) is 51.7 Å². The van der Waals surface area contributed by atoms with Gasteiger partial charge in [0.25, 0.3) is 5.56 Å². The van der Waals surface area contributed by atoms with Crippen molar-refractivity contribution in [2.75, 3.05) is 34.9 Å². The Labute approximate surface area is 195 Å². The number of halogens is 1. The van der Waals surface area contributed by atoms with Crippen molar-refractivity contribution < 1.29 is 14.2 Å². The molecule has 0 aliphatic rings. The predicted molar refractivity (Wildman–Crippen MR) is 130 cm³/mol. The first-order chi connectivity index (χ1) is 14.8. The largest absolute Gasteiger partial charge is 0.497 e. The molecule has 1 aromatic heterocycles. The summed E-state index contributed by atoms with van der Waals surface area (Å²) in [6, 6.07) is 11.3. The highest BCUT2D eigenvalue weighted by Gasteiger charge is 2.16. The number of methoxy groups -OCH3 is 2. The molecule has 0 amide bonds. The summed E-state index contributed by atoms with van der Waals surface area (Å²) in [5, 5.41) is 0.522. The quantitative estimate of drug-likeness (QED) is 0.483. The lowest BCUT2D eigenvalue weighted by Gasteiger charge is -2.18. The molecule has 3 rings (SSSR count). The third-order valence-corrected chi connectivity index (χ3v) is 4.97. The summed E-state index contributed by atoms with van der Waals surface area (Å²) in [6.45, 7) is 5.16. The fourth-order valence-electron chi connectivity index (χ4n) is 3.37. The predicted octanol–water partition coefficient (Wildman–Crippen LogP) is 3.78. The molecule has 0 spiro atoms. The zero-order valence-corrected chi connectivity index (χ0v) is 20.4. The molecule has 174 valence electrons. The molecule has 0 unspecified atom stereocenters. The number of likely N-dealkylation sites (N-methyl/N-ethyl adjacent to an activating group) is 1. The molecule has 0 bridgehead atoms. The van der Waals surface area contributed by atoms with E-state index in [4.69, 9.17) is 19.2 Å². The minimum absolute atomic E-state index is 0. The van der Waals surface area contributed by atoms with E-state index in [9.17, 15) is 4.79 Å². The zero-order valence-electron chi connectivity index (χ0n) is 19.5. The lowest BCUT2D eigenvalue weighted by atomic mass is 10.1. The van der Waals surface area contributed by atoms with Crippen molar-refractivity contribution in [1.29, 1.82) is 0 Å². The van der Waals surface area contributed by atoms with Crippen molar-refractivity contribution in [2.24, 2.45) is 0 Å². The second kappa shape index (κ2) is 11.2. The van der Waals surface area contributed by atoms with E-state index in [1.54, 1.807) is 30.9 Å². The Morgan fingerprint density at radius 3 is 2.28 bits per heavy atom. The summed E-state index contributed by atoms with van der Waals surface area (Å²) in [7, 11) is 7.21. The standard InChI is InChI=1S/C24H31N3O4.ClH/c1-16(2)31-22-14-19-20(15-21(22)30-6)25-23(27(24(19)28)12-11-26(3)4)13-17-7-9-18(29-5)10-8-17;/h7-10,14-16H,11-13H2,1-6H3;1H. The first kappa shape index (κ1) is 25.5. The van der Waals surface area contributed by atoms with Crippen LogP contribution in [-0.2, 0) is 13.0 Å². The first-order valence-electron chi connectivity index (χ1n) is 10.4. The fraction of sp³-hybridized carbons (Fsp3) is 0.417. The van der Waals surface area contributed by atoms with Crippen molar-refractivity contribution >= 4 is 23.3 Å². The zero-order chi connectivity index (χ0) is 22.5. The Bertz CT molecular complexity index is 1100. The van der Waals surface area contributed by atoms with Crippen LogP contribution in [0.5, 0.6) is 17.2 Å². The Morgan fingerprint density at radius 1 is 1.03 bits per heavy atom. The highest BCUT2D eigenvalue weighted by Crippen LogP contribution is 2.31. The maximum Gasteiger partial charge on any atom is 0.261 e. The van der Waals surface area contributed by atoms with Gasteiger partial charge in [-0.1, -0.05) is 12.1 Å². The van der Waals surface area contributed by atoms with Crippen LogP contribution in [0.25, 0.3) is 10.9 Å². The smallest absolute Gasteiger partial charge is 0.261 e.